The van der Waals surface area contributed by atoms with E-state index in [1.807, 2.05) is 24.3 Å². The third-order valence-electron chi connectivity index (χ3n) is 14.5. The van der Waals surface area contributed by atoms with Crippen LogP contribution in [-0.2, 0) is 10.8 Å². The predicted octanol–water partition coefficient (Wildman–Crippen LogP) is 15.6. The van der Waals surface area contributed by atoms with Crippen molar-refractivity contribution in [3.63, 3.8) is 0 Å². The summed E-state index contributed by atoms with van der Waals surface area (Å²) < 4.78 is 13.2. The van der Waals surface area contributed by atoms with Crippen LogP contribution in [0.4, 0.5) is 0 Å². The minimum atomic E-state index is -0.285. The van der Waals surface area contributed by atoms with Crippen LogP contribution in [0.15, 0.2) is 173 Å². The normalized spacial score (nSPS) is 14.5. The molecule has 3 heterocycles. The van der Waals surface area contributed by atoms with Gasteiger partial charge in [-0.25, -0.2) is 15.0 Å². The first-order valence-electron chi connectivity index (χ1n) is 22.1. The van der Waals surface area contributed by atoms with Crippen LogP contribution in [0, 0.1) is 0 Å². The topological polar surface area (TPSA) is 65.0 Å². The van der Waals surface area contributed by atoms with Gasteiger partial charge < -0.3 is 8.83 Å². The zero-order valence-electron chi connectivity index (χ0n) is 35.7. The summed E-state index contributed by atoms with van der Waals surface area (Å²) in [5.41, 5.74) is 15.8. The second-order valence-electron chi connectivity index (χ2n) is 18.7. The van der Waals surface area contributed by atoms with Crippen LogP contribution in [-0.4, -0.2) is 15.0 Å². The zero-order valence-corrected chi connectivity index (χ0v) is 35.7. The number of nitrogens with zero attached hydrogens (tertiary/aromatic N) is 3. The summed E-state index contributed by atoms with van der Waals surface area (Å²) in [5.74, 6) is 1.79. The molecule has 5 heteroatoms. The summed E-state index contributed by atoms with van der Waals surface area (Å²) >= 11 is 0. The van der Waals surface area contributed by atoms with Crippen molar-refractivity contribution in [2.24, 2.45) is 0 Å². The maximum Gasteiger partial charge on any atom is 0.164 e. The van der Waals surface area contributed by atoms with Crippen molar-refractivity contribution < 1.29 is 8.83 Å². The predicted molar refractivity (Wildman–Crippen MR) is 261 cm³/mol. The minimum absolute atomic E-state index is 0.117. The lowest BCUT2D eigenvalue weighted by Gasteiger charge is -2.22. The first-order chi connectivity index (χ1) is 31.2. The Bertz CT molecular complexity index is 4030. The Labute approximate surface area is 368 Å². The third-order valence-corrected chi connectivity index (χ3v) is 14.5. The standard InChI is InChI=1S/C59H39N3O2/c1-58(2)43-17-9-5-14-37(43)52-45(58)27-25-33-23-21-32-22-24-34(29-40(32)50(33)52)55-60-56(35-26-28-49-41(30-35)36-13-7-11-19-47(36)63-49)62-57(61-55)42-31-46-53(38-15-6-10-18-44(38)59(46,3)4)54-51(42)39-16-8-12-20-48(39)64-54/h5-31H,1-4H3. The van der Waals surface area contributed by atoms with Gasteiger partial charge in [-0.2, -0.15) is 0 Å². The highest BCUT2D eigenvalue weighted by Gasteiger charge is 2.40. The number of hydrogen-bond acceptors (Lipinski definition) is 5. The number of furan rings is 2. The number of aromatic nitrogens is 3. The first-order valence-corrected chi connectivity index (χ1v) is 22.1. The summed E-state index contributed by atoms with van der Waals surface area (Å²) in [5, 5.41) is 8.92. The van der Waals surface area contributed by atoms with Gasteiger partial charge in [0.1, 0.15) is 22.3 Å². The lowest BCUT2D eigenvalue weighted by Crippen LogP contribution is -2.15. The fraction of sp³-hybridized carbons (Fsp3) is 0.102. The fourth-order valence-electron chi connectivity index (χ4n) is 11.3. The van der Waals surface area contributed by atoms with E-state index in [4.69, 9.17) is 23.8 Å². The van der Waals surface area contributed by atoms with Gasteiger partial charge in [-0.05, 0) is 103 Å². The quantitative estimate of drug-likeness (QED) is 0.166. The van der Waals surface area contributed by atoms with E-state index < -0.39 is 0 Å². The SMILES string of the molecule is CC1(C)c2ccccc2-c2c1cc(-c1nc(-c3ccc4oc5ccccc5c4c3)nc(-c3ccc4ccc5ccc6c(c5c4c3)-c3ccccc3C6(C)C)n1)c1c2oc2ccccc21. The molecule has 0 saturated carbocycles. The average Bonchev–Trinajstić information content (AvgIpc) is 4.03. The third kappa shape index (κ3) is 4.70. The van der Waals surface area contributed by atoms with Crippen LogP contribution in [0.5, 0.6) is 0 Å². The summed E-state index contributed by atoms with van der Waals surface area (Å²) in [4.78, 5) is 16.3. The molecule has 5 nitrogen and oxygen atoms in total. The van der Waals surface area contributed by atoms with Gasteiger partial charge >= 0.3 is 0 Å². The number of fused-ring (bicyclic) bond motifs is 17. The monoisotopic (exact) mass is 821 g/mol. The molecule has 0 unspecified atom stereocenters. The molecule has 2 aliphatic carbocycles. The van der Waals surface area contributed by atoms with E-state index in [2.05, 4.69) is 167 Å². The van der Waals surface area contributed by atoms with Gasteiger partial charge in [-0.1, -0.05) is 149 Å². The summed E-state index contributed by atoms with van der Waals surface area (Å²) in [6.45, 7) is 9.30. The minimum Gasteiger partial charge on any atom is -0.456 e. The van der Waals surface area contributed by atoms with E-state index in [9.17, 15) is 0 Å². The van der Waals surface area contributed by atoms with Crippen LogP contribution >= 0.6 is 0 Å². The van der Waals surface area contributed by atoms with Crippen LogP contribution < -0.4 is 0 Å². The Morgan fingerprint density at radius 3 is 1.67 bits per heavy atom. The average molecular weight is 822 g/mol. The number of benzene rings is 9. The van der Waals surface area contributed by atoms with E-state index in [0.717, 1.165) is 66.1 Å². The molecule has 3 aromatic heterocycles. The molecule has 0 aliphatic heterocycles. The van der Waals surface area contributed by atoms with Crippen molar-refractivity contribution in [2.45, 2.75) is 38.5 Å². The van der Waals surface area contributed by atoms with Gasteiger partial charge in [0.25, 0.3) is 0 Å². The molecular formula is C59H39N3O2. The number of hydrogen-bond donors (Lipinski definition) is 0. The van der Waals surface area contributed by atoms with Crippen LogP contribution in [0.1, 0.15) is 49.9 Å². The highest BCUT2D eigenvalue weighted by atomic mass is 16.3. The van der Waals surface area contributed by atoms with E-state index >= 15 is 0 Å². The lowest BCUT2D eigenvalue weighted by molar-refractivity contribution is 0.653. The molecule has 14 rings (SSSR count). The Morgan fingerprint density at radius 2 is 0.906 bits per heavy atom. The second kappa shape index (κ2) is 12.4. The van der Waals surface area contributed by atoms with Gasteiger partial charge in [0.15, 0.2) is 17.5 Å². The molecule has 2 aliphatic rings. The number of para-hydroxylation sites is 2. The molecule has 0 amide bonds. The fourth-order valence-corrected chi connectivity index (χ4v) is 11.3. The Morgan fingerprint density at radius 1 is 0.359 bits per heavy atom. The smallest absolute Gasteiger partial charge is 0.164 e. The molecule has 0 bridgehead atoms. The summed E-state index contributed by atoms with van der Waals surface area (Å²) in [6.07, 6.45) is 0. The van der Waals surface area contributed by atoms with Gasteiger partial charge in [0.05, 0.1) is 0 Å². The molecule has 12 aromatic rings. The molecule has 0 N–H and O–H groups in total. The second-order valence-corrected chi connectivity index (χ2v) is 18.7. The van der Waals surface area contributed by atoms with E-state index in [-0.39, 0.29) is 10.8 Å². The van der Waals surface area contributed by atoms with Crippen molar-refractivity contribution in [3.8, 4) is 56.4 Å². The summed E-state index contributed by atoms with van der Waals surface area (Å²) in [6, 6.07) is 58.5. The zero-order chi connectivity index (χ0) is 42.6. The maximum absolute atomic E-state index is 6.90. The van der Waals surface area contributed by atoms with Gasteiger partial charge in [0.2, 0.25) is 0 Å². The van der Waals surface area contributed by atoms with Gasteiger partial charge in [-0.15, -0.1) is 0 Å². The molecule has 0 spiro atoms. The molecule has 9 aromatic carbocycles. The number of rotatable bonds is 3. The van der Waals surface area contributed by atoms with E-state index in [0.29, 0.717) is 17.5 Å². The van der Waals surface area contributed by atoms with Crippen molar-refractivity contribution in [3.05, 3.63) is 186 Å². The highest BCUT2D eigenvalue weighted by molar-refractivity contribution is 6.19. The molecule has 0 radical (unpaired) electrons. The van der Waals surface area contributed by atoms with Gasteiger partial charge in [0, 0.05) is 54.6 Å². The Kier molecular flexibility index (Phi) is 6.91. The first kappa shape index (κ1) is 35.7. The Hall–Kier alpha value is -7.89. The largest absolute Gasteiger partial charge is 0.456 e. The van der Waals surface area contributed by atoms with Gasteiger partial charge in [-0.3, -0.25) is 0 Å². The van der Waals surface area contributed by atoms with E-state index in [1.54, 1.807) is 0 Å². The van der Waals surface area contributed by atoms with Crippen LogP contribution in [0.25, 0.3) is 122 Å². The van der Waals surface area contributed by atoms with Crippen molar-refractivity contribution in [2.75, 3.05) is 0 Å². The summed E-state index contributed by atoms with van der Waals surface area (Å²) in [7, 11) is 0. The Balaban J connectivity index is 1.07. The van der Waals surface area contributed by atoms with Crippen molar-refractivity contribution in [1.82, 2.24) is 15.0 Å². The van der Waals surface area contributed by atoms with Crippen molar-refractivity contribution >= 4 is 65.4 Å². The molecule has 64 heavy (non-hydrogen) atoms. The molecule has 302 valence electrons. The maximum atomic E-state index is 6.90. The highest BCUT2D eigenvalue weighted by Crippen LogP contribution is 2.55. The molecule has 0 saturated heterocycles. The molecule has 0 fully saturated rings. The van der Waals surface area contributed by atoms with E-state index in [1.165, 1.54) is 60.5 Å². The lowest BCUT2D eigenvalue weighted by atomic mass is 9.81. The van der Waals surface area contributed by atoms with Crippen molar-refractivity contribution in [1.29, 1.82) is 0 Å². The van der Waals surface area contributed by atoms with Crippen LogP contribution in [0.3, 0.4) is 0 Å². The molecule has 0 atom stereocenters. The molecular weight excluding hydrogens is 783 g/mol. The van der Waals surface area contributed by atoms with Crippen LogP contribution in [0.2, 0.25) is 0 Å².